The summed E-state index contributed by atoms with van der Waals surface area (Å²) in [6.07, 6.45) is 2.12. The SMILES string of the molecule is CC1=CC(C)(C)NC(=S)N1c1ccc(C(N)=O)cc1. The van der Waals surface area contributed by atoms with Crippen LogP contribution in [0.1, 0.15) is 31.1 Å². The Kier molecular flexibility index (Phi) is 3.32. The molecule has 0 saturated heterocycles. The fourth-order valence-corrected chi connectivity index (χ4v) is 2.72. The summed E-state index contributed by atoms with van der Waals surface area (Å²) in [5.74, 6) is -0.431. The molecule has 1 aromatic carbocycles. The number of thiocarbonyl (C=S) groups is 1. The van der Waals surface area contributed by atoms with Crippen LogP contribution in [-0.2, 0) is 0 Å². The van der Waals surface area contributed by atoms with Crippen LogP contribution in [0.15, 0.2) is 36.0 Å². The maximum absolute atomic E-state index is 11.1. The molecule has 0 saturated carbocycles. The molecule has 0 aromatic heterocycles. The minimum Gasteiger partial charge on any atom is -0.366 e. The van der Waals surface area contributed by atoms with E-state index in [0.717, 1.165) is 11.4 Å². The number of primary amides is 1. The molecule has 0 spiro atoms. The molecule has 0 fully saturated rings. The molecule has 3 N–H and O–H groups in total. The number of nitrogens with one attached hydrogen (secondary N) is 1. The molecule has 1 aliphatic heterocycles. The second kappa shape index (κ2) is 4.66. The van der Waals surface area contributed by atoms with E-state index in [2.05, 4.69) is 25.2 Å². The van der Waals surface area contributed by atoms with E-state index in [4.69, 9.17) is 18.0 Å². The summed E-state index contributed by atoms with van der Waals surface area (Å²) < 4.78 is 0. The summed E-state index contributed by atoms with van der Waals surface area (Å²) in [5.41, 5.74) is 7.54. The Hall–Kier alpha value is -1.88. The normalized spacial score (nSPS) is 17.7. The molecule has 1 aliphatic rings. The maximum Gasteiger partial charge on any atom is 0.248 e. The second-order valence-corrected chi connectivity index (χ2v) is 5.57. The van der Waals surface area contributed by atoms with Crippen molar-refractivity contribution < 1.29 is 4.79 Å². The molecule has 0 aliphatic carbocycles. The summed E-state index contributed by atoms with van der Waals surface area (Å²) in [7, 11) is 0. The van der Waals surface area contributed by atoms with Crippen LogP contribution in [0.5, 0.6) is 0 Å². The molecule has 19 heavy (non-hydrogen) atoms. The fraction of sp³-hybridized carbons (Fsp3) is 0.286. The minimum atomic E-state index is -0.431. The Balaban J connectivity index is 2.36. The zero-order valence-electron chi connectivity index (χ0n) is 11.2. The number of benzene rings is 1. The van der Waals surface area contributed by atoms with Crippen LogP contribution < -0.4 is 16.0 Å². The highest BCUT2D eigenvalue weighted by Crippen LogP contribution is 2.25. The Bertz CT molecular complexity index is 561. The molecule has 1 aromatic rings. The Morgan fingerprint density at radius 1 is 1.32 bits per heavy atom. The smallest absolute Gasteiger partial charge is 0.248 e. The number of amides is 1. The largest absolute Gasteiger partial charge is 0.366 e. The van der Waals surface area contributed by atoms with Crippen molar-refractivity contribution in [3.8, 4) is 0 Å². The number of hydrogen-bond donors (Lipinski definition) is 2. The number of anilines is 1. The van der Waals surface area contributed by atoms with Gasteiger partial charge in [0.15, 0.2) is 5.11 Å². The standard InChI is InChI=1S/C14H17N3OS/c1-9-8-14(2,3)16-13(19)17(9)11-6-4-10(5-7-11)12(15)18/h4-8H,1-3H3,(H2,15,18)(H,16,19). The number of rotatable bonds is 2. The predicted octanol–water partition coefficient (Wildman–Crippen LogP) is 2.16. The maximum atomic E-state index is 11.1. The summed E-state index contributed by atoms with van der Waals surface area (Å²) >= 11 is 5.40. The molecule has 1 amide bonds. The quantitative estimate of drug-likeness (QED) is 0.812. The van der Waals surface area contributed by atoms with Crippen molar-refractivity contribution >= 4 is 28.9 Å². The lowest BCUT2D eigenvalue weighted by molar-refractivity contribution is 0.100. The van der Waals surface area contributed by atoms with Gasteiger partial charge >= 0.3 is 0 Å². The highest BCUT2D eigenvalue weighted by atomic mass is 32.1. The van der Waals surface area contributed by atoms with Crippen molar-refractivity contribution in [1.82, 2.24) is 5.32 Å². The average Bonchev–Trinajstić information content (AvgIpc) is 2.26. The first-order chi connectivity index (χ1) is 8.80. The van der Waals surface area contributed by atoms with E-state index in [1.165, 1.54) is 0 Å². The van der Waals surface area contributed by atoms with Crippen molar-refractivity contribution in [3.63, 3.8) is 0 Å². The topological polar surface area (TPSA) is 58.4 Å². The van der Waals surface area contributed by atoms with Gasteiger partial charge in [0, 0.05) is 16.9 Å². The molecule has 5 heteroatoms. The number of carbonyl (C=O) groups excluding carboxylic acids is 1. The summed E-state index contributed by atoms with van der Waals surface area (Å²) in [6.45, 7) is 6.14. The van der Waals surface area contributed by atoms with Gasteiger partial charge in [-0.1, -0.05) is 0 Å². The van der Waals surface area contributed by atoms with Crippen LogP contribution in [0, 0.1) is 0 Å². The van der Waals surface area contributed by atoms with Gasteiger partial charge in [0.1, 0.15) is 0 Å². The van der Waals surface area contributed by atoms with Crippen LogP contribution in [0.2, 0.25) is 0 Å². The Morgan fingerprint density at radius 2 is 1.89 bits per heavy atom. The lowest BCUT2D eigenvalue weighted by Gasteiger charge is -2.38. The number of nitrogens with two attached hydrogens (primary N) is 1. The third kappa shape index (κ3) is 2.76. The van der Waals surface area contributed by atoms with Gasteiger partial charge in [-0.25, -0.2) is 0 Å². The fourth-order valence-electron chi connectivity index (χ4n) is 2.21. The number of allylic oxidation sites excluding steroid dienone is 1. The number of nitrogens with zero attached hydrogens (tertiary/aromatic N) is 1. The van der Waals surface area contributed by atoms with E-state index in [1.54, 1.807) is 12.1 Å². The summed E-state index contributed by atoms with van der Waals surface area (Å²) in [5, 5.41) is 3.91. The number of carbonyl (C=O) groups is 1. The highest BCUT2D eigenvalue weighted by Gasteiger charge is 2.27. The third-order valence-electron chi connectivity index (χ3n) is 2.96. The van der Waals surface area contributed by atoms with Crippen LogP contribution in [0.25, 0.3) is 0 Å². The van der Waals surface area contributed by atoms with Crippen molar-refractivity contribution in [1.29, 1.82) is 0 Å². The van der Waals surface area contributed by atoms with Gasteiger partial charge < -0.3 is 11.1 Å². The molecule has 100 valence electrons. The molecule has 4 nitrogen and oxygen atoms in total. The second-order valence-electron chi connectivity index (χ2n) is 5.18. The highest BCUT2D eigenvalue weighted by molar-refractivity contribution is 7.80. The molecule has 0 bridgehead atoms. The van der Waals surface area contributed by atoms with Crippen molar-refractivity contribution in [3.05, 3.63) is 41.6 Å². The van der Waals surface area contributed by atoms with E-state index in [-0.39, 0.29) is 5.54 Å². The third-order valence-corrected chi connectivity index (χ3v) is 3.25. The van der Waals surface area contributed by atoms with Crippen molar-refractivity contribution in [2.75, 3.05) is 4.90 Å². The van der Waals surface area contributed by atoms with Gasteiger partial charge in [-0.15, -0.1) is 0 Å². The van der Waals surface area contributed by atoms with E-state index >= 15 is 0 Å². The van der Waals surface area contributed by atoms with Gasteiger partial charge in [-0.3, -0.25) is 9.69 Å². The van der Waals surface area contributed by atoms with E-state index in [9.17, 15) is 4.79 Å². The molecular weight excluding hydrogens is 258 g/mol. The van der Waals surface area contributed by atoms with Crippen LogP contribution >= 0.6 is 12.2 Å². The first-order valence-corrected chi connectivity index (χ1v) is 6.42. The first kappa shape index (κ1) is 13.5. The molecule has 2 rings (SSSR count). The molecule has 0 atom stereocenters. The first-order valence-electron chi connectivity index (χ1n) is 6.02. The van der Waals surface area contributed by atoms with Gasteiger partial charge in [-0.2, -0.15) is 0 Å². The average molecular weight is 275 g/mol. The van der Waals surface area contributed by atoms with E-state index < -0.39 is 5.91 Å². The van der Waals surface area contributed by atoms with E-state index in [1.807, 2.05) is 24.0 Å². The minimum absolute atomic E-state index is 0.148. The molecular formula is C14H17N3OS. The molecule has 1 heterocycles. The van der Waals surface area contributed by atoms with Crippen LogP contribution in [-0.4, -0.2) is 16.6 Å². The van der Waals surface area contributed by atoms with Gasteiger partial charge in [0.2, 0.25) is 5.91 Å². The molecule has 0 unspecified atom stereocenters. The van der Waals surface area contributed by atoms with Crippen LogP contribution in [0.3, 0.4) is 0 Å². The predicted molar refractivity (Wildman–Crippen MR) is 81.0 cm³/mol. The zero-order valence-corrected chi connectivity index (χ0v) is 12.0. The number of hydrogen-bond acceptors (Lipinski definition) is 2. The Labute approximate surface area is 118 Å². The van der Waals surface area contributed by atoms with Crippen molar-refractivity contribution in [2.45, 2.75) is 26.3 Å². The van der Waals surface area contributed by atoms with Crippen molar-refractivity contribution in [2.24, 2.45) is 5.73 Å². The van der Waals surface area contributed by atoms with Gasteiger partial charge in [0.25, 0.3) is 0 Å². The molecule has 0 radical (unpaired) electrons. The zero-order chi connectivity index (χ0) is 14.2. The monoisotopic (exact) mass is 275 g/mol. The summed E-state index contributed by atoms with van der Waals surface area (Å²) in [4.78, 5) is 13.0. The Morgan fingerprint density at radius 3 is 2.37 bits per heavy atom. The lowest BCUT2D eigenvalue weighted by atomic mass is 10.0. The summed E-state index contributed by atoms with van der Waals surface area (Å²) in [6, 6.07) is 7.08. The van der Waals surface area contributed by atoms with E-state index in [0.29, 0.717) is 10.7 Å². The lowest BCUT2D eigenvalue weighted by Crippen LogP contribution is -2.53. The van der Waals surface area contributed by atoms with Gasteiger partial charge in [-0.05, 0) is 63.3 Å². The van der Waals surface area contributed by atoms with Gasteiger partial charge in [0.05, 0.1) is 5.54 Å². The van der Waals surface area contributed by atoms with Crippen LogP contribution in [0.4, 0.5) is 5.69 Å².